The van der Waals surface area contributed by atoms with Crippen LogP contribution in [0.15, 0.2) is 79.5 Å². The van der Waals surface area contributed by atoms with Crippen molar-refractivity contribution in [1.29, 1.82) is 0 Å². The number of nitrogens with one attached hydrogen (secondary N) is 2. The van der Waals surface area contributed by atoms with Crippen molar-refractivity contribution in [2.24, 2.45) is 0 Å². The third-order valence-electron chi connectivity index (χ3n) is 7.24. The van der Waals surface area contributed by atoms with E-state index in [0.717, 1.165) is 67.9 Å². The Kier molecular flexibility index (Phi) is 5.79. The predicted molar refractivity (Wildman–Crippen MR) is 149 cm³/mol. The largest absolute Gasteiger partial charge is 0.491 e. The van der Waals surface area contributed by atoms with Crippen LogP contribution in [0, 0.1) is 0 Å². The predicted octanol–water partition coefficient (Wildman–Crippen LogP) is 5.70. The summed E-state index contributed by atoms with van der Waals surface area (Å²) in [5.41, 5.74) is 7.74. The van der Waals surface area contributed by atoms with E-state index in [0.29, 0.717) is 6.61 Å². The molecule has 0 spiro atoms. The number of aromatic nitrogens is 6. The summed E-state index contributed by atoms with van der Waals surface area (Å²) in [6.45, 7) is 3.97. The van der Waals surface area contributed by atoms with E-state index >= 15 is 0 Å². The summed E-state index contributed by atoms with van der Waals surface area (Å²) in [5, 5.41) is 9.89. The molecule has 6 aromatic rings. The molecule has 0 unspecified atom stereocenters. The number of H-pyrrole nitrogens is 2. The zero-order chi connectivity index (χ0) is 25.3. The molecule has 5 aromatic heterocycles. The van der Waals surface area contributed by atoms with Crippen molar-refractivity contribution in [2.75, 3.05) is 26.2 Å². The lowest BCUT2D eigenvalue weighted by Gasteiger charge is -2.15. The summed E-state index contributed by atoms with van der Waals surface area (Å²) >= 11 is 0. The fraction of sp³-hybridized carbons (Fsp3) is 0.200. The molecular weight excluding hydrogens is 474 g/mol. The van der Waals surface area contributed by atoms with E-state index in [9.17, 15) is 0 Å². The van der Waals surface area contributed by atoms with Gasteiger partial charge in [-0.3, -0.25) is 20.0 Å². The highest BCUT2D eigenvalue weighted by atomic mass is 16.5. The maximum Gasteiger partial charge on any atom is 0.138 e. The number of aromatic amines is 2. The van der Waals surface area contributed by atoms with Gasteiger partial charge >= 0.3 is 0 Å². The van der Waals surface area contributed by atoms with Crippen LogP contribution in [0.2, 0.25) is 0 Å². The molecule has 0 aliphatic carbocycles. The number of nitrogens with zero attached hydrogens (tertiary/aromatic N) is 5. The van der Waals surface area contributed by atoms with Gasteiger partial charge in [-0.05, 0) is 73.5 Å². The minimum Gasteiger partial charge on any atom is -0.491 e. The molecule has 188 valence electrons. The Hall–Kier alpha value is -4.56. The van der Waals surface area contributed by atoms with Gasteiger partial charge in [0.15, 0.2) is 0 Å². The van der Waals surface area contributed by atoms with E-state index in [1.165, 1.54) is 25.9 Å². The minimum atomic E-state index is 0.672. The number of ether oxygens (including phenoxy) is 1. The average molecular weight is 502 g/mol. The fourth-order valence-corrected chi connectivity index (χ4v) is 5.28. The van der Waals surface area contributed by atoms with Crippen LogP contribution in [0.1, 0.15) is 12.8 Å². The van der Waals surface area contributed by atoms with Crippen molar-refractivity contribution in [1.82, 2.24) is 35.0 Å². The first-order valence-corrected chi connectivity index (χ1v) is 13.0. The SMILES string of the molecule is c1cncc(-c2ccnc3[nH]c(-c4n[nH]c5ccc(-c6cncc(OCCN7CCCC7)c6)cc45)cc23)c1. The van der Waals surface area contributed by atoms with Crippen LogP contribution in [-0.2, 0) is 0 Å². The molecule has 1 aliphatic rings. The van der Waals surface area contributed by atoms with Crippen LogP contribution in [0.3, 0.4) is 0 Å². The Balaban J connectivity index is 1.20. The molecule has 2 N–H and O–H groups in total. The van der Waals surface area contributed by atoms with Gasteiger partial charge in [0, 0.05) is 53.2 Å². The molecule has 1 aromatic carbocycles. The molecule has 1 saturated heterocycles. The number of pyridine rings is 3. The molecule has 0 bridgehead atoms. The van der Waals surface area contributed by atoms with Crippen LogP contribution in [0.4, 0.5) is 0 Å². The summed E-state index contributed by atoms with van der Waals surface area (Å²) in [6, 6.07) is 16.5. The zero-order valence-electron chi connectivity index (χ0n) is 20.9. The lowest BCUT2D eigenvalue weighted by Crippen LogP contribution is -2.25. The molecule has 8 heteroatoms. The first-order chi connectivity index (χ1) is 18.8. The highest BCUT2D eigenvalue weighted by molar-refractivity contribution is 6.00. The molecule has 7 rings (SSSR count). The molecule has 0 amide bonds. The number of benzene rings is 1. The first-order valence-electron chi connectivity index (χ1n) is 13.0. The van der Waals surface area contributed by atoms with Gasteiger partial charge in [0.1, 0.15) is 23.7 Å². The van der Waals surface area contributed by atoms with E-state index < -0.39 is 0 Å². The molecular formula is C30H27N7O. The molecule has 0 radical (unpaired) electrons. The first kappa shape index (κ1) is 22.6. The van der Waals surface area contributed by atoms with Gasteiger partial charge in [-0.15, -0.1) is 0 Å². The smallest absolute Gasteiger partial charge is 0.138 e. The summed E-state index contributed by atoms with van der Waals surface area (Å²) < 4.78 is 6.04. The van der Waals surface area contributed by atoms with Gasteiger partial charge in [0.25, 0.3) is 0 Å². The maximum absolute atomic E-state index is 6.04. The summed E-state index contributed by atoms with van der Waals surface area (Å²) in [4.78, 5) is 19.2. The van der Waals surface area contributed by atoms with Crippen LogP contribution in [0.5, 0.6) is 5.75 Å². The van der Waals surface area contributed by atoms with Crippen molar-refractivity contribution in [3.8, 4) is 39.4 Å². The van der Waals surface area contributed by atoms with E-state index in [1.807, 2.05) is 30.7 Å². The van der Waals surface area contributed by atoms with Crippen LogP contribution in [0.25, 0.3) is 55.6 Å². The molecule has 1 fully saturated rings. The summed E-state index contributed by atoms with van der Waals surface area (Å²) in [6.07, 6.45) is 11.7. The molecule has 1 aliphatic heterocycles. The third kappa shape index (κ3) is 4.29. The Labute approximate surface area is 219 Å². The quantitative estimate of drug-likeness (QED) is 0.291. The van der Waals surface area contributed by atoms with Crippen molar-refractivity contribution in [3.05, 3.63) is 79.5 Å². The standard InChI is InChI=1S/C30H27N7O/c1-2-11-37(10-1)12-13-38-23-14-22(18-32-19-23)20-5-6-27-26(15-20)29(36-35-27)28-16-25-24(7-9-33-30(25)34-28)21-4-3-8-31-17-21/h3-9,14-19H,1-2,10-13H2,(H,33,34)(H,35,36). The van der Waals surface area contributed by atoms with Crippen LogP contribution < -0.4 is 4.74 Å². The van der Waals surface area contributed by atoms with Crippen molar-refractivity contribution < 1.29 is 4.74 Å². The van der Waals surface area contributed by atoms with Gasteiger partial charge < -0.3 is 9.72 Å². The van der Waals surface area contributed by atoms with E-state index in [-0.39, 0.29) is 0 Å². The summed E-state index contributed by atoms with van der Waals surface area (Å²) in [5.74, 6) is 0.791. The second-order valence-corrected chi connectivity index (χ2v) is 9.68. The summed E-state index contributed by atoms with van der Waals surface area (Å²) in [7, 11) is 0. The number of hydrogen-bond acceptors (Lipinski definition) is 6. The van der Waals surface area contributed by atoms with Crippen LogP contribution >= 0.6 is 0 Å². The Bertz CT molecular complexity index is 1720. The lowest BCUT2D eigenvalue weighted by molar-refractivity contribution is 0.237. The molecule has 38 heavy (non-hydrogen) atoms. The van der Waals surface area contributed by atoms with Gasteiger partial charge in [-0.25, -0.2) is 4.98 Å². The maximum atomic E-state index is 6.04. The van der Waals surface area contributed by atoms with Gasteiger partial charge in [-0.1, -0.05) is 12.1 Å². The van der Waals surface area contributed by atoms with Crippen molar-refractivity contribution in [3.63, 3.8) is 0 Å². The zero-order valence-corrected chi connectivity index (χ0v) is 20.9. The number of rotatable bonds is 7. The highest BCUT2D eigenvalue weighted by Gasteiger charge is 2.15. The van der Waals surface area contributed by atoms with Crippen molar-refractivity contribution in [2.45, 2.75) is 12.8 Å². The monoisotopic (exact) mass is 501 g/mol. The van der Waals surface area contributed by atoms with Gasteiger partial charge in [-0.2, -0.15) is 5.10 Å². The Morgan fingerprint density at radius 2 is 1.76 bits per heavy atom. The highest BCUT2D eigenvalue weighted by Crippen LogP contribution is 2.34. The second kappa shape index (κ2) is 9.72. The number of hydrogen-bond donors (Lipinski definition) is 2. The third-order valence-corrected chi connectivity index (χ3v) is 7.24. The van der Waals surface area contributed by atoms with Gasteiger partial charge in [0.05, 0.1) is 17.4 Å². The lowest BCUT2D eigenvalue weighted by atomic mass is 10.0. The molecule has 8 nitrogen and oxygen atoms in total. The number of fused-ring (bicyclic) bond motifs is 2. The molecule has 6 heterocycles. The fourth-order valence-electron chi connectivity index (χ4n) is 5.28. The van der Waals surface area contributed by atoms with Gasteiger partial charge in [0.2, 0.25) is 0 Å². The minimum absolute atomic E-state index is 0.672. The molecule has 0 saturated carbocycles. The Morgan fingerprint density at radius 3 is 2.66 bits per heavy atom. The average Bonchev–Trinajstić information content (AvgIpc) is 3.73. The normalized spacial score (nSPS) is 14.0. The Morgan fingerprint density at radius 1 is 0.842 bits per heavy atom. The van der Waals surface area contributed by atoms with E-state index in [2.05, 4.69) is 71.4 Å². The van der Waals surface area contributed by atoms with Crippen LogP contribution in [-0.4, -0.2) is 61.3 Å². The number of likely N-dealkylation sites (tertiary alicyclic amines) is 1. The van der Waals surface area contributed by atoms with E-state index in [1.54, 1.807) is 12.4 Å². The molecule has 0 atom stereocenters. The van der Waals surface area contributed by atoms with E-state index in [4.69, 9.17) is 4.74 Å². The van der Waals surface area contributed by atoms with Crippen molar-refractivity contribution >= 4 is 21.9 Å². The topological polar surface area (TPSA) is 95.6 Å². The second-order valence-electron chi connectivity index (χ2n) is 9.68.